The van der Waals surface area contributed by atoms with Gasteiger partial charge in [0.2, 0.25) is 0 Å². The molecule has 0 unspecified atom stereocenters. The first-order valence-electron chi connectivity index (χ1n) is 7.70. The molecule has 110 valence electrons. The Hall–Kier alpha value is -1.10. The third kappa shape index (κ3) is 3.72. The average Bonchev–Trinajstić information content (AvgIpc) is 2.55. The maximum absolute atomic E-state index is 5.81. The zero-order chi connectivity index (χ0) is 13.6. The third-order valence-corrected chi connectivity index (χ3v) is 4.32. The van der Waals surface area contributed by atoms with Gasteiger partial charge >= 0.3 is 0 Å². The van der Waals surface area contributed by atoms with E-state index in [0.29, 0.717) is 6.10 Å². The van der Waals surface area contributed by atoms with Gasteiger partial charge in [-0.3, -0.25) is 15.2 Å². The van der Waals surface area contributed by atoms with E-state index in [2.05, 4.69) is 10.4 Å². The second-order valence-electron chi connectivity index (χ2n) is 5.66. The maximum atomic E-state index is 5.81. The van der Waals surface area contributed by atoms with E-state index in [1.54, 1.807) is 0 Å². The summed E-state index contributed by atoms with van der Waals surface area (Å²) in [5, 5.41) is 0. The van der Waals surface area contributed by atoms with Gasteiger partial charge in [-0.2, -0.15) is 0 Å². The summed E-state index contributed by atoms with van der Waals surface area (Å²) in [5.74, 6) is 0. The molecule has 0 aromatic heterocycles. The lowest BCUT2D eigenvalue weighted by Gasteiger charge is -2.38. The summed E-state index contributed by atoms with van der Waals surface area (Å²) in [5.41, 5.74) is 4.11. The van der Waals surface area contributed by atoms with Crippen LogP contribution in [0, 0.1) is 0 Å². The standard InChI is InChI=1S/C16H24N2O2/c1-2-4-14(5-3-1)17-20-16-8-6-15(7-9-16)18-10-12-19-13-11-18/h1-5,15-17H,6-13H2. The van der Waals surface area contributed by atoms with Crippen LogP contribution in [-0.2, 0) is 9.57 Å². The summed E-state index contributed by atoms with van der Waals surface area (Å²) >= 11 is 0. The number of benzene rings is 1. The van der Waals surface area contributed by atoms with E-state index in [9.17, 15) is 0 Å². The summed E-state index contributed by atoms with van der Waals surface area (Å²) in [6.45, 7) is 3.98. The molecule has 1 aliphatic heterocycles. The minimum absolute atomic E-state index is 0.340. The highest BCUT2D eigenvalue weighted by molar-refractivity contribution is 5.40. The molecule has 2 aliphatic rings. The number of morpholine rings is 1. The lowest BCUT2D eigenvalue weighted by molar-refractivity contribution is -0.0113. The molecule has 0 radical (unpaired) electrons. The second kappa shape index (κ2) is 7.07. The van der Waals surface area contributed by atoms with Crippen LogP contribution in [0.2, 0.25) is 0 Å². The number of rotatable bonds is 4. The highest BCUT2D eigenvalue weighted by Gasteiger charge is 2.27. The Morgan fingerprint density at radius 1 is 1.00 bits per heavy atom. The number of hydrogen-bond acceptors (Lipinski definition) is 4. The molecule has 0 atom stereocenters. The second-order valence-corrected chi connectivity index (χ2v) is 5.66. The van der Waals surface area contributed by atoms with Gasteiger partial charge in [0, 0.05) is 19.1 Å². The lowest BCUT2D eigenvalue weighted by Crippen LogP contribution is -2.45. The number of anilines is 1. The lowest BCUT2D eigenvalue weighted by atomic mass is 9.92. The summed E-state index contributed by atoms with van der Waals surface area (Å²) in [6.07, 6.45) is 5.10. The predicted octanol–water partition coefficient (Wildman–Crippen LogP) is 2.67. The Labute approximate surface area is 121 Å². The van der Waals surface area contributed by atoms with E-state index in [-0.39, 0.29) is 0 Å². The zero-order valence-corrected chi connectivity index (χ0v) is 12.0. The van der Waals surface area contributed by atoms with Crippen LogP contribution < -0.4 is 5.48 Å². The molecule has 1 heterocycles. The van der Waals surface area contributed by atoms with E-state index in [1.807, 2.05) is 30.3 Å². The zero-order valence-electron chi connectivity index (χ0n) is 12.0. The summed E-state index contributed by atoms with van der Waals surface area (Å²) in [7, 11) is 0. The highest BCUT2D eigenvalue weighted by Crippen LogP contribution is 2.26. The molecule has 2 fully saturated rings. The van der Waals surface area contributed by atoms with Crippen molar-refractivity contribution in [3.8, 4) is 0 Å². The summed E-state index contributed by atoms with van der Waals surface area (Å²) < 4.78 is 5.42. The van der Waals surface area contributed by atoms with Crippen LogP contribution in [0.1, 0.15) is 25.7 Å². The minimum Gasteiger partial charge on any atom is -0.379 e. The summed E-state index contributed by atoms with van der Waals surface area (Å²) in [4.78, 5) is 8.40. The molecule has 4 nitrogen and oxygen atoms in total. The van der Waals surface area contributed by atoms with Gasteiger partial charge in [0.25, 0.3) is 0 Å². The first-order valence-corrected chi connectivity index (χ1v) is 7.70. The molecular formula is C16H24N2O2. The molecular weight excluding hydrogens is 252 g/mol. The molecule has 0 bridgehead atoms. The first-order chi connectivity index (χ1) is 9.92. The van der Waals surface area contributed by atoms with E-state index in [4.69, 9.17) is 9.57 Å². The number of para-hydroxylation sites is 1. The topological polar surface area (TPSA) is 33.7 Å². The van der Waals surface area contributed by atoms with Crippen LogP contribution in [0.15, 0.2) is 30.3 Å². The first kappa shape index (κ1) is 13.9. The van der Waals surface area contributed by atoms with Crippen molar-refractivity contribution >= 4 is 5.69 Å². The van der Waals surface area contributed by atoms with Crippen LogP contribution in [-0.4, -0.2) is 43.3 Å². The molecule has 1 aromatic carbocycles. The van der Waals surface area contributed by atoms with Gasteiger partial charge in [-0.15, -0.1) is 0 Å². The average molecular weight is 276 g/mol. The predicted molar refractivity (Wildman–Crippen MR) is 79.6 cm³/mol. The van der Waals surface area contributed by atoms with Crippen molar-refractivity contribution in [2.45, 2.75) is 37.8 Å². The van der Waals surface area contributed by atoms with E-state index in [0.717, 1.165) is 50.9 Å². The van der Waals surface area contributed by atoms with Crippen molar-refractivity contribution in [1.82, 2.24) is 4.90 Å². The smallest absolute Gasteiger partial charge is 0.0855 e. The van der Waals surface area contributed by atoms with Gasteiger partial charge in [-0.25, -0.2) is 0 Å². The molecule has 3 rings (SSSR count). The van der Waals surface area contributed by atoms with Gasteiger partial charge in [0.05, 0.1) is 25.0 Å². The molecule has 1 saturated heterocycles. The van der Waals surface area contributed by atoms with Crippen LogP contribution >= 0.6 is 0 Å². The van der Waals surface area contributed by atoms with Gasteiger partial charge < -0.3 is 4.74 Å². The monoisotopic (exact) mass is 276 g/mol. The number of nitrogens with one attached hydrogen (secondary N) is 1. The van der Waals surface area contributed by atoms with E-state index < -0.39 is 0 Å². The van der Waals surface area contributed by atoms with Crippen LogP contribution in [0.3, 0.4) is 0 Å². The van der Waals surface area contributed by atoms with Crippen molar-refractivity contribution in [2.24, 2.45) is 0 Å². The van der Waals surface area contributed by atoms with Crippen LogP contribution in [0.4, 0.5) is 5.69 Å². The Morgan fingerprint density at radius 3 is 2.40 bits per heavy atom. The van der Waals surface area contributed by atoms with Gasteiger partial charge in [0.1, 0.15) is 0 Å². The Balaban J connectivity index is 1.40. The molecule has 1 N–H and O–H groups in total. The van der Waals surface area contributed by atoms with Gasteiger partial charge in [-0.05, 0) is 37.8 Å². The van der Waals surface area contributed by atoms with Crippen molar-refractivity contribution in [3.63, 3.8) is 0 Å². The van der Waals surface area contributed by atoms with E-state index in [1.165, 1.54) is 12.8 Å². The maximum Gasteiger partial charge on any atom is 0.0855 e. The number of nitrogens with zero attached hydrogens (tertiary/aromatic N) is 1. The molecule has 4 heteroatoms. The SMILES string of the molecule is c1ccc(NOC2CCC(N3CCOCC3)CC2)cc1. The van der Waals surface area contributed by atoms with Crippen molar-refractivity contribution in [3.05, 3.63) is 30.3 Å². The fourth-order valence-electron chi connectivity index (χ4n) is 3.13. The highest BCUT2D eigenvalue weighted by atomic mass is 16.7. The largest absolute Gasteiger partial charge is 0.379 e. The Kier molecular flexibility index (Phi) is 4.90. The van der Waals surface area contributed by atoms with Crippen LogP contribution in [0.5, 0.6) is 0 Å². The van der Waals surface area contributed by atoms with Gasteiger partial charge in [-0.1, -0.05) is 18.2 Å². The fraction of sp³-hybridized carbons (Fsp3) is 0.625. The molecule has 20 heavy (non-hydrogen) atoms. The number of ether oxygens (including phenoxy) is 1. The molecule has 1 aromatic rings. The molecule has 1 saturated carbocycles. The normalized spacial score (nSPS) is 28.2. The minimum atomic E-state index is 0.340. The molecule has 0 amide bonds. The summed E-state index contributed by atoms with van der Waals surface area (Å²) in [6, 6.07) is 10.8. The quantitative estimate of drug-likeness (QED) is 0.857. The van der Waals surface area contributed by atoms with Crippen LogP contribution in [0.25, 0.3) is 0 Å². The Morgan fingerprint density at radius 2 is 1.70 bits per heavy atom. The molecule has 0 spiro atoms. The number of hydrogen-bond donors (Lipinski definition) is 1. The molecule has 1 aliphatic carbocycles. The Bertz CT molecular complexity index is 385. The fourth-order valence-corrected chi connectivity index (χ4v) is 3.13. The van der Waals surface area contributed by atoms with Crippen molar-refractivity contribution in [1.29, 1.82) is 0 Å². The van der Waals surface area contributed by atoms with Crippen molar-refractivity contribution in [2.75, 3.05) is 31.8 Å². The van der Waals surface area contributed by atoms with E-state index >= 15 is 0 Å². The third-order valence-electron chi connectivity index (χ3n) is 4.32. The van der Waals surface area contributed by atoms with Crippen molar-refractivity contribution < 1.29 is 9.57 Å². The van der Waals surface area contributed by atoms with Gasteiger partial charge in [0.15, 0.2) is 0 Å².